The number of nitrogens with one attached hydrogen (secondary N) is 1. The van der Waals surface area contributed by atoms with Crippen molar-refractivity contribution in [2.24, 2.45) is 11.8 Å². The summed E-state index contributed by atoms with van der Waals surface area (Å²) in [6.45, 7) is 11.2. The van der Waals surface area contributed by atoms with Crippen LogP contribution in [-0.4, -0.2) is 59.6 Å². The number of rotatable bonds is 9. The lowest BCUT2D eigenvalue weighted by molar-refractivity contribution is -0.264. The van der Waals surface area contributed by atoms with Gasteiger partial charge in [0.1, 0.15) is 6.54 Å². The van der Waals surface area contributed by atoms with Crippen molar-refractivity contribution >= 4 is 11.9 Å². The van der Waals surface area contributed by atoms with Crippen molar-refractivity contribution in [1.82, 2.24) is 10.2 Å². The lowest BCUT2D eigenvalue weighted by atomic mass is 9.88. The second-order valence-corrected chi connectivity index (χ2v) is 9.36. The molecule has 0 radical (unpaired) electrons. The van der Waals surface area contributed by atoms with Crippen LogP contribution in [0.25, 0.3) is 0 Å². The molecule has 28 heavy (non-hydrogen) atoms. The van der Waals surface area contributed by atoms with Gasteiger partial charge in [0.2, 0.25) is 11.8 Å². The standard InChI is InChI=1S/C21H40N2O5/c1-15(2)18(22-21(6,26)28-20(3,4)5)19(25)23(14-17(24)27-7)13-16-11-9-8-10-12-16/h15-16,18,22,26H,8-14H2,1-7H3/t18-,21?/m0/s1. The van der Waals surface area contributed by atoms with Crippen LogP contribution in [0.5, 0.6) is 0 Å². The van der Waals surface area contributed by atoms with Crippen LogP contribution in [0.4, 0.5) is 0 Å². The Balaban J connectivity index is 2.96. The first-order valence-corrected chi connectivity index (χ1v) is 10.4. The molecule has 0 heterocycles. The molecular formula is C21H40N2O5. The van der Waals surface area contributed by atoms with Gasteiger partial charge in [0, 0.05) is 13.5 Å². The molecule has 0 saturated heterocycles. The van der Waals surface area contributed by atoms with Crippen LogP contribution in [0.15, 0.2) is 0 Å². The van der Waals surface area contributed by atoms with Crippen molar-refractivity contribution in [3.63, 3.8) is 0 Å². The molecule has 1 rings (SSSR count). The van der Waals surface area contributed by atoms with Crippen LogP contribution in [0.3, 0.4) is 0 Å². The highest BCUT2D eigenvalue weighted by molar-refractivity contribution is 5.86. The molecule has 1 amide bonds. The van der Waals surface area contributed by atoms with E-state index < -0.39 is 23.5 Å². The lowest BCUT2D eigenvalue weighted by Crippen LogP contribution is -2.60. The SMILES string of the molecule is COC(=O)CN(CC1CCCCC1)C(=O)[C@@H](NC(C)(O)OC(C)(C)C)C(C)C. The number of hydrogen-bond donors (Lipinski definition) is 2. The van der Waals surface area contributed by atoms with Gasteiger partial charge in [-0.15, -0.1) is 0 Å². The van der Waals surface area contributed by atoms with Crippen LogP contribution in [0.2, 0.25) is 0 Å². The zero-order valence-electron chi connectivity index (χ0n) is 18.7. The van der Waals surface area contributed by atoms with E-state index in [0.29, 0.717) is 12.5 Å². The molecule has 7 heteroatoms. The van der Waals surface area contributed by atoms with Gasteiger partial charge >= 0.3 is 5.97 Å². The number of amides is 1. The topological polar surface area (TPSA) is 88.1 Å². The zero-order valence-corrected chi connectivity index (χ0v) is 18.7. The quantitative estimate of drug-likeness (QED) is 0.457. The third kappa shape index (κ3) is 8.88. The number of ether oxygens (including phenoxy) is 2. The van der Waals surface area contributed by atoms with E-state index in [0.717, 1.165) is 25.7 Å². The fraction of sp³-hybridized carbons (Fsp3) is 0.905. The first-order valence-electron chi connectivity index (χ1n) is 10.4. The van der Waals surface area contributed by atoms with E-state index >= 15 is 0 Å². The molecule has 1 aliphatic rings. The highest BCUT2D eigenvalue weighted by atomic mass is 16.7. The van der Waals surface area contributed by atoms with Crippen LogP contribution < -0.4 is 5.32 Å². The molecule has 0 aliphatic heterocycles. The van der Waals surface area contributed by atoms with Crippen LogP contribution >= 0.6 is 0 Å². The molecular weight excluding hydrogens is 360 g/mol. The maximum absolute atomic E-state index is 13.3. The molecule has 1 fully saturated rings. The monoisotopic (exact) mass is 400 g/mol. The van der Waals surface area contributed by atoms with Gasteiger partial charge in [0.05, 0.1) is 18.8 Å². The summed E-state index contributed by atoms with van der Waals surface area (Å²) in [4.78, 5) is 26.8. The van der Waals surface area contributed by atoms with Crippen LogP contribution in [-0.2, 0) is 19.1 Å². The molecule has 1 aliphatic carbocycles. The normalized spacial score (nSPS) is 19.2. The van der Waals surface area contributed by atoms with E-state index in [2.05, 4.69) is 5.32 Å². The van der Waals surface area contributed by atoms with Gasteiger partial charge in [-0.3, -0.25) is 14.9 Å². The number of methoxy groups -OCH3 is 1. The van der Waals surface area contributed by atoms with Gasteiger partial charge in [0.25, 0.3) is 0 Å². The van der Waals surface area contributed by atoms with Crippen molar-refractivity contribution in [2.75, 3.05) is 20.2 Å². The van der Waals surface area contributed by atoms with Crippen LogP contribution in [0, 0.1) is 11.8 Å². The lowest BCUT2D eigenvalue weighted by Gasteiger charge is -2.38. The van der Waals surface area contributed by atoms with E-state index in [1.165, 1.54) is 20.5 Å². The molecule has 164 valence electrons. The second-order valence-electron chi connectivity index (χ2n) is 9.36. The van der Waals surface area contributed by atoms with Gasteiger partial charge in [-0.2, -0.15) is 0 Å². The average molecular weight is 401 g/mol. The Bertz CT molecular complexity index is 507. The Morgan fingerprint density at radius 2 is 1.71 bits per heavy atom. The maximum Gasteiger partial charge on any atom is 0.325 e. The fourth-order valence-electron chi connectivity index (χ4n) is 3.76. The molecule has 2 N–H and O–H groups in total. The highest BCUT2D eigenvalue weighted by Gasteiger charge is 2.37. The molecule has 0 bridgehead atoms. The predicted octanol–water partition coefficient (Wildman–Crippen LogP) is 2.66. The van der Waals surface area contributed by atoms with Gasteiger partial charge in [-0.1, -0.05) is 33.1 Å². The summed E-state index contributed by atoms with van der Waals surface area (Å²) in [5.74, 6) is -2.05. The van der Waals surface area contributed by atoms with Gasteiger partial charge < -0.3 is 19.5 Å². The van der Waals surface area contributed by atoms with Crippen molar-refractivity contribution in [3.8, 4) is 0 Å². The molecule has 0 aromatic carbocycles. The number of carbonyl (C=O) groups excluding carboxylic acids is 2. The summed E-state index contributed by atoms with van der Waals surface area (Å²) >= 11 is 0. The van der Waals surface area contributed by atoms with Gasteiger partial charge in [-0.25, -0.2) is 0 Å². The minimum absolute atomic E-state index is 0.0843. The smallest absolute Gasteiger partial charge is 0.325 e. The second kappa shape index (κ2) is 10.6. The third-order valence-electron chi connectivity index (χ3n) is 4.92. The minimum Gasteiger partial charge on any atom is -0.468 e. The Morgan fingerprint density at radius 1 is 1.14 bits per heavy atom. The van der Waals surface area contributed by atoms with Crippen molar-refractivity contribution < 1.29 is 24.2 Å². The van der Waals surface area contributed by atoms with Crippen molar-refractivity contribution in [3.05, 3.63) is 0 Å². The summed E-state index contributed by atoms with van der Waals surface area (Å²) < 4.78 is 10.5. The molecule has 1 saturated carbocycles. The predicted molar refractivity (Wildman–Crippen MR) is 108 cm³/mol. The molecule has 1 unspecified atom stereocenters. The summed E-state index contributed by atoms with van der Waals surface area (Å²) in [5, 5.41) is 13.6. The van der Waals surface area contributed by atoms with Gasteiger partial charge in [-0.05, 0) is 45.4 Å². The first-order chi connectivity index (χ1) is 12.8. The van der Waals surface area contributed by atoms with Crippen LogP contribution in [0.1, 0.15) is 73.6 Å². The van der Waals surface area contributed by atoms with E-state index in [1.807, 2.05) is 34.6 Å². The number of aliphatic hydroxyl groups is 1. The molecule has 0 aromatic heterocycles. The first kappa shape index (κ1) is 24.9. The maximum atomic E-state index is 13.3. The minimum atomic E-state index is -1.68. The molecule has 2 atom stereocenters. The largest absolute Gasteiger partial charge is 0.468 e. The Morgan fingerprint density at radius 3 is 2.18 bits per heavy atom. The summed E-state index contributed by atoms with van der Waals surface area (Å²) in [6.07, 6.45) is 5.67. The highest BCUT2D eigenvalue weighted by Crippen LogP contribution is 2.25. The van der Waals surface area contributed by atoms with Crippen molar-refractivity contribution in [1.29, 1.82) is 0 Å². The fourth-order valence-corrected chi connectivity index (χ4v) is 3.76. The Labute approximate surface area is 170 Å². The van der Waals surface area contributed by atoms with E-state index in [-0.39, 0.29) is 18.4 Å². The molecule has 7 nitrogen and oxygen atoms in total. The van der Waals surface area contributed by atoms with Crippen molar-refractivity contribution in [2.45, 2.75) is 91.2 Å². The number of hydrogen-bond acceptors (Lipinski definition) is 6. The summed E-state index contributed by atoms with van der Waals surface area (Å²) in [5.41, 5.74) is -0.588. The molecule has 0 spiro atoms. The van der Waals surface area contributed by atoms with E-state index in [4.69, 9.17) is 9.47 Å². The number of carbonyl (C=O) groups is 2. The average Bonchev–Trinajstić information content (AvgIpc) is 2.57. The number of esters is 1. The number of nitrogens with zero attached hydrogens (tertiary/aromatic N) is 1. The Hall–Kier alpha value is -1.18. The summed E-state index contributed by atoms with van der Waals surface area (Å²) in [7, 11) is 1.33. The Kier molecular flexibility index (Phi) is 9.37. The summed E-state index contributed by atoms with van der Waals surface area (Å²) in [6, 6.07) is -0.689. The zero-order chi connectivity index (χ0) is 21.5. The molecule has 0 aromatic rings. The van der Waals surface area contributed by atoms with E-state index in [9.17, 15) is 14.7 Å². The van der Waals surface area contributed by atoms with Gasteiger partial charge in [0.15, 0.2) is 0 Å². The van der Waals surface area contributed by atoms with E-state index in [1.54, 1.807) is 4.90 Å². The third-order valence-corrected chi connectivity index (χ3v) is 4.92.